The van der Waals surface area contributed by atoms with Gasteiger partial charge >= 0.3 is 0 Å². The van der Waals surface area contributed by atoms with Crippen LogP contribution in [0.15, 0.2) is 40.6 Å². The second-order valence-electron chi connectivity index (χ2n) is 7.07. The summed E-state index contributed by atoms with van der Waals surface area (Å²) in [4.78, 5) is 4.97. The Morgan fingerprint density at radius 1 is 1.38 bits per heavy atom. The number of rotatable bonds is 6. The van der Waals surface area contributed by atoms with Crippen molar-refractivity contribution in [2.75, 3.05) is 13.2 Å². The molecule has 0 spiro atoms. The fraction of sp³-hybridized carbons (Fsp3) is 0.350. The molecule has 154 valence electrons. The standard InChI is InChI=1S/C20H22ClN3O3S2/c1-13-19(29(25,26)22-11-16-7-4-8-27-16)10-18(24(13)2)20-23-17(12-28-20)14-5-3-6-15(21)9-14/h3,5-6,9-10,12,16,22H,4,7-8,11H2,1-2H3/t16-/m0/s1. The van der Waals surface area contributed by atoms with Crippen molar-refractivity contribution in [2.24, 2.45) is 7.05 Å². The van der Waals surface area contributed by atoms with Gasteiger partial charge in [0.25, 0.3) is 0 Å². The Balaban J connectivity index is 1.61. The molecular weight excluding hydrogens is 430 g/mol. The van der Waals surface area contributed by atoms with Crippen LogP contribution in [0.1, 0.15) is 18.5 Å². The molecule has 29 heavy (non-hydrogen) atoms. The monoisotopic (exact) mass is 451 g/mol. The highest BCUT2D eigenvalue weighted by molar-refractivity contribution is 7.89. The zero-order valence-corrected chi connectivity index (χ0v) is 18.6. The summed E-state index contributed by atoms with van der Waals surface area (Å²) in [5.74, 6) is 0. The predicted octanol–water partition coefficient (Wildman–Crippen LogP) is 4.23. The Bertz CT molecular complexity index is 1130. The van der Waals surface area contributed by atoms with Crippen LogP contribution in [0.25, 0.3) is 22.0 Å². The fourth-order valence-electron chi connectivity index (χ4n) is 3.41. The molecule has 6 nitrogen and oxygen atoms in total. The number of benzene rings is 1. The van der Waals surface area contributed by atoms with Gasteiger partial charge in [-0.15, -0.1) is 11.3 Å². The molecule has 0 bridgehead atoms. The molecule has 1 saturated heterocycles. The van der Waals surface area contributed by atoms with Crippen molar-refractivity contribution >= 4 is 33.0 Å². The predicted molar refractivity (Wildman–Crippen MR) is 116 cm³/mol. The second-order valence-corrected chi connectivity index (χ2v) is 10.1. The van der Waals surface area contributed by atoms with E-state index in [1.165, 1.54) is 11.3 Å². The lowest BCUT2D eigenvalue weighted by atomic mass is 10.2. The third-order valence-corrected chi connectivity index (χ3v) is 7.79. The minimum atomic E-state index is -3.63. The summed E-state index contributed by atoms with van der Waals surface area (Å²) in [5.41, 5.74) is 3.17. The van der Waals surface area contributed by atoms with E-state index in [9.17, 15) is 8.42 Å². The van der Waals surface area contributed by atoms with Gasteiger partial charge in [-0.05, 0) is 38.0 Å². The van der Waals surface area contributed by atoms with E-state index in [0.29, 0.717) is 23.9 Å². The van der Waals surface area contributed by atoms with Crippen molar-refractivity contribution in [1.82, 2.24) is 14.3 Å². The minimum absolute atomic E-state index is 0.0486. The van der Waals surface area contributed by atoms with Crippen LogP contribution in [-0.2, 0) is 21.8 Å². The van der Waals surface area contributed by atoms with Crippen LogP contribution in [0, 0.1) is 6.92 Å². The Hall–Kier alpha value is -1.71. The summed E-state index contributed by atoms with van der Waals surface area (Å²) in [6, 6.07) is 9.20. The summed E-state index contributed by atoms with van der Waals surface area (Å²) in [7, 11) is -1.78. The zero-order valence-electron chi connectivity index (χ0n) is 16.2. The zero-order chi connectivity index (χ0) is 20.6. The van der Waals surface area contributed by atoms with Crippen molar-refractivity contribution < 1.29 is 13.2 Å². The Labute approximate surface area is 179 Å². The van der Waals surface area contributed by atoms with Gasteiger partial charge in [-0.2, -0.15) is 0 Å². The molecule has 0 aliphatic carbocycles. The maximum atomic E-state index is 12.9. The lowest BCUT2D eigenvalue weighted by Crippen LogP contribution is -2.32. The topological polar surface area (TPSA) is 73.2 Å². The van der Waals surface area contributed by atoms with Gasteiger partial charge in [-0.25, -0.2) is 18.1 Å². The van der Waals surface area contributed by atoms with Gasteiger partial charge in [-0.1, -0.05) is 23.7 Å². The quantitative estimate of drug-likeness (QED) is 0.608. The van der Waals surface area contributed by atoms with E-state index < -0.39 is 10.0 Å². The van der Waals surface area contributed by atoms with E-state index in [2.05, 4.69) is 4.72 Å². The molecule has 2 aromatic heterocycles. The number of hydrogen-bond donors (Lipinski definition) is 1. The largest absolute Gasteiger partial charge is 0.377 e. The van der Waals surface area contributed by atoms with E-state index in [4.69, 9.17) is 21.3 Å². The van der Waals surface area contributed by atoms with Crippen LogP contribution in [0.2, 0.25) is 5.02 Å². The third kappa shape index (κ3) is 4.27. The molecule has 1 atom stereocenters. The van der Waals surface area contributed by atoms with Gasteiger partial charge in [0, 0.05) is 41.9 Å². The van der Waals surface area contributed by atoms with Crippen molar-refractivity contribution in [3.63, 3.8) is 0 Å². The fourth-order valence-corrected chi connectivity index (χ4v) is 5.83. The molecule has 9 heteroatoms. The van der Waals surface area contributed by atoms with E-state index in [1.807, 2.05) is 41.3 Å². The highest BCUT2D eigenvalue weighted by Crippen LogP contribution is 2.33. The molecule has 3 heterocycles. The lowest BCUT2D eigenvalue weighted by molar-refractivity contribution is 0.114. The summed E-state index contributed by atoms with van der Waals surface area (Å²) in [6.45, 7) is 2.79. The number of nitrogens with zero attached hydrogens (tertiary/aromatic N) is 2. The number of ether oxygens (including phenoxy) is 1. The van der Waals surface area contributed by atoms with Gasteiger partial charge in [0.1, 0.15) is 9.90 Å². The first-order chi connectivity index (χ1) is 13.8. The molecular formula is C20H22ClN3O3S2. The first kappa shape index (κ1) is 20.6. The molecule has 1 aliphatic heterocycles. The number of aromatic nitrogens is 2. The van der Waals surface area contributed by atoms with Crippen molar-refractivity contribution in [3.8, 4) is 22.0 Å². The SMILES string of the molecule is Cc1c(S(=O)(=O)NC[C@@H]2CCCO2)cc(-c2nc(-c3cccc(Cl)c3)cs2)n1C. The molecule has 0 amide bonds. The molecule has 1 aliphatic rings. The average molecular weight is 452 g/mol. The van der Waals surface area contributed by atoms with Gasteiger partial charge in [0.15, 0.2) is 0 Å². The minimum Gasteiger partial charge on any atom is -0.377 e. The van der Waals surface area contributed by atoms with Crippen LogP contribution in [0.4, 0.5) is 0 Å². The van der Waals surface area contributed by atoms with E-state index in [-0.39, 0.29) is 11.0 Å². The lowest BCUT2D eigenvalue weighted by Gasteiger charge is -2.11. The molecule has 0 radical (unpaired) electrons. The number of halogens is 1. The van der Waals surface area contributed by atoms with Gasteiger partial charge in [-0.3, -0.25) is 0 Å². The van der Waals surface area contributed by atoms with E-state index >= 15 is 0 Å². The summed E-state index contributed by atoms with van der Waals surface area (Å²) in [6.07, 6.45) is 1.81. The third-order valence-electron chi connectivity index (χ3n) is 5.15. The highest BCUT2D eigenvalue weighted by atomic mass is 35.5. The molecule has 1 aromatic carbocycles. The molecule has 4 rings (SSSR count). The molecule has 0 unspecified atom stereocenters. The molecule has 0 saturated carbocycles. The summed E-state index contributed by atoms with van der Waals surface area (Å²) in [5, 5.41) is 3.36. The van der Waals surface area contributed by atoms with Crippen molar-refractivity contribution in [3.05, 3.63) is 46.4 Å². The van der Waals surface area contributed by atoms with E-state index in [1.54, 1.807) is 13.0 Å². The van der Waals surface area contributed by atoms with Crippen LogP contribution in [0.5, 0.6) is 0 Å². The van der Waals surface area contributed by atoms with E-state index in [0.717, 1.165) is 34.8 Å². The summed E-state index contributed by atoms with van der Waals surface area (Å²) < 4.78 is 35.8. The molecule has 1 fully saturated rings. The first-order valence-corrected chi connectivity index (χ1v) is 12.1. The number of hydrogen-bond acceptors (Lipinski definition) is 5. The van der Waals surface area contributed by atoms with Crippen molar-refractivity contribution in [2.45, 2.75) is 30.8 Å². The van der Waals surface area contributed by atoms with Gasteiger partial charge in [0.05, 0.1) is 17.5 Å². The van der Waals surface area contributed by atoms with Gasteiger partial charge in [0.2, 0.25) is 10.0 Å². The smallest absolute Gasteiger partial charge is 0.242 e. The van der Waals surface area contributed by atoms with Crippen LogP contribution >= 0.6 is 22.9 Å². The van der Waals surface area contributed by atoms with Crippen LogP contribution in [-0.4, -0.2) is 37.2 Å². The molecule has 3 aromatic rings. The maximum absolute atomic E-state index is 12.9. The first-order valence-electron chi connectivity index (χ1n) is 9.34. The maximum Gasteiger partial charge on any atom is 0.242 e. The Morgan fingerprint density at radius 3 is 2.93 bits per heavy atom. The summed E-state index contributed by atoms with van der Waals surface area (Å²) >= 11 is 7.56. The van der Waals surface area contributed by atoms with Crippen molar-refractivity contribution in [1.29, 1.82) is 0 Å². The number of thiazole rings is 1. The Morgan fingerprint density at radius 2 is 2.21 bits per heavy atom. The number of nitrogens with one attached hydrogen (secondary N) is 1. The highest BCUT2D eigenvalue weighted by Gasteiger charge is 2.25. The Kier molecular flexibility index (Phi) is 5.81. The average Bonchev–Trinajstić information content (AvgIpc) is 3.42. The number of sulfonamides is 1. The van der Waals surface area contributed by atoms with Gasteiger partial charge < -0.3 is 9.30 Å². The second kappa shape index (κ2) is 8.20. The van der Waals surface area contributed by atoms with Crippen LogP contribution in [0.3, 0.4) is 0 Å². The molecule has 1 N–H and O–H groups in total. The normalized spacial score (nSPS) is 17.1. The van der Waals surface area contributed by atoms with Crippen LogP contribution < -0.4 is 4.72 Å².